The topological polar surface area (TPSA) is 83.6 Å². The van der Waals surface area contributed by atoms with E-state index in [0.29, 0.717) is 6.42 Å². The highest BCUT2D eigenvalue weighted by Gasteiger charge is 2.19. The quantitative estimate of drug-likeness (QED) is 0.605. The first-order valence-corrected chi connectivity index (χ1v) is 4.93. The highest BCUT2D eigenvalue weighted by molar-refractivity contribution is 5.47. The number of benzene rings is 1. The molecule has 0 spiro atoms. The Morgan fingerprint density at radius 2 is 2.06 bits per heavy atom. The number of rotatable bonds is 4. The van der Waals surface area contributed by atoms with Crippen LogP contribution >= 0.6 is 0 Å². The van der Waals surface area contributed by atoms with Crippen LogP contribution in [0.5, 0.6) is 5.75 Å². The summed E-state index contributed by atoms with van der Waals surface area (Å²) >= 11 is 0. The number of nitro benzene ring substituents is 1. The molecule has 1 aromatic rings. The number of aliphatic hydroxyl groups is 1. The van der Waals surface area contributed by atoms with Gasteiger partial charge in [0.25, 0.3) is 0 Å². The van der Waals surface area contributed by atoms with Gasteiger partial charge in [0.1, 0.15) is 0 Å². The van der Waals surface area contributed by atoms with Crippen molar-refractivity contribution in [2.24, 2.45) is 5.41 Å². The number of nitro groups is 1. The number of aromatic hydroxyl groups is 1. The van der Waals surface area contributed by atoms with E-state index in [-0.39, 0.29) is 23.5 Å². The predicted octanol–water partition coefficient (Wildman–Crippen LogP) is 1.86. The Kier molecular flexibility index (Phi) is 3.49. The lowest BCUT2D eigenvalue weighted by Gasteiger charge is -2.21. The molecule has 0 aliphatic heterocycles. The van der Waals surface area contributed by atoms with E-state index in [1.54, 1.807) is 6.07 Å². The molecule has 0 fully saturated rings. The molecule has 2 N–H and O–H groups in total. The molecular weight excluding hydrogens is 210 g/mol. The third-order valence-electron chi connectivity index (χ3n) is 2.35. The van der Waals surface area contributed by atoms with Crippen molar-refractivity contribution in [2.75, 3.05) is 6.61 Å². The zero-order valence-corrected chi connectivity index (χ0v) is 9.30. The molecule has 0 radical (unpaired) electrons. The van der Waals surface area contributed by atoms with Crippen molar-refractivity contribution in [2.45, 2.75) is 20.3 Å². The smallest absolute Gasteiger partial charge is 0.310 e. The largest absolute Gasteiger partial charge is 0.502 e. The summed E-state index contributed by atoms with van der Waals surface area (Å²) in [4.78, 5) is 9.85. The molecule has 0 saturated heterocycles. The van der Waals surface area contributed by atoms with Gasteiger partial charge in [-0.15, -0.1) is 0 Å². The average molecular weight is 225 g/mol. The molecule has 0 aromatic heterocycles. The van der Waals surface area contributed by atoms with Crippen LogP contribution in [0.4, 0.5) is 5.69 Å². The van der Waals surface area contributed by atoms with E-state index in [1.165, 1.54) is 12.1 Å². The van der Waals surface area contributed by atoms with Crippen molar-refractivity contribution >= 4 is 5.69 Å². The minimum absolute atomic E-state index is 0.0186. The summed E-state index contributed by atoms with van der Waals surface area (Å²) in [5.74, 6) is -0.337. The maximum atomic E-state index is 10.5. The normalized spacial score (nSPS) is 11.4. The van der Waals surface area contributed by atoms with Crippen LogP contribution in [0.15, 0.2) is 18.2 Å². The van der Waals surface area contributed by atoms with Crippen LogP contribution < -0.4 is 0 Å². The van der Waals surface area contributed by atoms with E-state index in [9.17, 15) is 15.2 Å². The van der Waals surface area contributed by atoms with Gasteiger partial charge in [0.2, 0.25) is 0 Å². The molecule has 0 aliphatic carbocycles. The third-order valence-corrected chi connectivity index (χ3v) is 2.35. The van der Waals surface area contributed by atoms with Crippen LogP contribution in [0.1, 0.15) is 19.4 Å². The van der Waals surface area contributed by atoms with Crippen molar-refractivity contribution in [1.29, 1.82) is 0 Å². The third kappa shape index (κ3) is 2.93. The molecule has 0 unspecified atom stereocenters. The first-order valence-electron chi connectivity index (χ1n) is 4.93. The second kappa shape index (κ2) is 4.49. The first-order chi connectivity index (χ1) is 7.35. The number of phenolic OH excluding ortho intramolecular Hbond substituents is 1. The van der Waals surface area contributed by atoms with Crippen molar-refractivity contribution in [3.05, 3.63) is 33.9 Å². The van der Waals surface area contributed by atoms with Crippen LogP contribution in [0.2, 0.25) is 0 Å². The SMILES string of the molecule is CC(C)(CO)Cc1ccc([N+](=O)[O-])c(O)c1. The molecule has 0 amide bonds. The average Bonchev–Trinajstić information content (AvgIpc) is 2.16. The van der Waals surface area contributed by atoms with Crippen LogP contribution in [-0.2, 0) is 6.42 Å². The Balaban J connectivity index is 2.94. The molecule has 0 heterocycles. The molecule has 0 aliphatic rings. The van der Waals surface area contributed by atoms with Crippen molar-refractivity contribution in [1.82, 2.24) is 0 Å². The summed E-state index contributed by atoms with van der Waals surface area (Å²) in [6.07, 6.45) is 0.551. The molecule has 0 saturated carbocycles. The Morgan fingerprint density at radius 1 is 1.44 bits per heavy atom. The molecular formula is C11H15NO4. The summed E-state index contributed by atoms with van der Waals surface area (Å²) in [5.41, 5.74) is 0.162. The van der Waals surface area contributed by atoms with E-state index in [2.05, 4.69) is 0 Å². The van der Waals surface area contributed by atoms with Gasteiger partial charge in [0, 0.05) is 12.7 Å². The van der Waals surface area contributed by atoms with Gasteiger partial charge < -0.3 is 10.2 Å². The number of aliphatic hydroxyl groups excluding tert-OH is 1. The molecule has 5 nitrogen and oxygen atoms in total. The fourth-order valence-corrected chi connectivity index (χ4v) is 1.44. The predicted molar refractivity (Wildman–Crippen MR) is 59.3 cm³/mol. The van der Waals surface area contributed by atoms with Crippen molar-refractivity contribution < 1.29 is 15.1 Å². The van der Waals surface area contributed by atoms with Gasteiger partial charge in [-0.1, -0.05) is 19.9 Å². The fourth-order valence-electron chi connectivity index (χ4n) is 1.44. The molecule has 16 heavy (non-hydrogen) atoms. The lowest BCUT2D eigenvalue weighted by atomic mass is 9.86. The Morgan fingerprint density at radius 3 is 2.50 bits per heavy atom. The Hall–Kier alpha value is -1.62. The Labute approximate surface area is 93.5 Å². The van der Waals surface area contributed by atoms with Crippen LogP contribution in [0, 0.1) is 15.5 Å². The maximum absolute atomic E-state index is 10.5. The summed E-state index contributed by atoms with van der Waals surface area (Å²) in [5, 5.41) is 29.0. The van der Waals surface area contributed by atoms with E-state index in [4.69, 9.17) is 5.11 Å². The zero-order chi connectivity index (χ0) is 12.3. The minimum Gasteiger partial charge on any atom is -0.502 e. The lowest BCUT2D eigenvalue weighted by molar-refractivity contribution is -0.385. The standard InChI is InChI=1S/C11H15NO4/c1-11(2,7-13)6-8-3-4-9(12(15)16)10(14)5-8/h3-5,13-14H,6-7H2,1-2H3. The Bertz CT molecular complexity index is 401. The van der Waals surface area contributed by atoms with Gasteiger partial charge in [0.15, 0.2) is 5.75 Å². The molecule has 1 aromatic carbocycles. The zero-order valence-electron chi connectivity index (χ0n) is 9.30. The van der Waals surface area contributed by atoms with Gasteiger partial charge in [-0.2, -0.15) is 0 Å². The van der Waals surface area contributed by atoms with Gasteiger partial charge in [-0.25, -0.2) is 0 Å². The minimum atomic E-state index is -0.629. The van der Waals surface area contributed by atoms with E-state index in [0.717, 1.165) is 5.56 Å². The van der Waals surface area contributed by atoms with Crippen LogP contribution in [0.3, 0.4) is 0 Å². The molecule has 5 heteroatoms. The monoisotopic (exact) mass is 225 g/mol. The number of phenols is 1. The van der Waals surface area contributed by atoms with E-state index in [1.807, 2.05) is 13.8 Å². The number of hydrogen-bond acceptors (Lipinski definition) is 4. The van der Waals surface area contributed by atoms with Gasteiger partial charge in [0.05, 0.1) is 4.92 Å². The highest BCUT2D eigenvalue weighted by atomic mass is 16.6. The van der Waals surface area contributed by atoms with Crippen molar-refractivity contribution in [3.63, 3.8) is 0 Å². The van der Waals surface area contributed by atoms with Crippen LogP contribution in [-0.4, -0.2) is 21.7 Å². The summed E-state index contributed by atoms with van der Waals surface area (Å²) in [7, 11) is 0. The second-order valence-corrected chi connectivity index (χ2v) is 4.58. The van der Waals surface area contributed by atoms with E-state index >= 15 is 0 Å². The van der Waals surface area contributed by atoms with Gasteiger partial charge in [-0.3, -0.25) is 10.1 Å². The summed E-state index contributed by atoms with van der Waals surface area (Å²) in [6.45, 7) is 3.78. The number of nitrogens with zero attached hydrogens (tertiary/aromatic N) is 1. The van der Waals surface area contributed by atoms with Gasteiger partial charge >= 0.3 is 5.69 Å². The summed E-state index contributed by atoms with van der Waals surface area (Å²) < 4.78 is 0. The maximum Gasteiger partial charge on any atom is 0.310 e. The summed E-state index contributed by atoms with van der Waals surface area (Å²) in [6, 6.07) is 4.24. The first kappa shape index (κ1) is 12.4. The molecule has 0 atom stereocenters. The molecule has 1 rings (SSSR count). The van der Waals surface area contributed by atoms with E-state index < -0.39 is 4.92 Å². The molecule has 88 valence electrons. The van der Waals surface area contributed by atoms with Crippen LogP contribution in [0.25, 0.3) is 0 Å². The van der Waals surface area contributed by atoms with Crippen molar-refractivity contribution in [3.8, 4) is 5.75 Å². The second-order valence-electron chi connectivity index (χ2n) is 4.58. The lowest BCUT2D eigenvalue weighted by Crippen LogP contribution is -2.19. The number of hydrogen-bond donors (Lipinski definition) is 2. The van der Waals surface area contributed by atoms with Gasteiger partial charge in [-0.05, 0) is 23.5 Å². The highest BCUT2D eigenvalue weighted by Crippen LogP contribution is 2.29. The fraction of sp³-hybridized carbons (Fsp3) is 0.455. The molecule has 0 bridgehead atoms.